The number of ether oxygens (including phenoxy) is 1. The van der Waals surface area contributed by atoms with Crippen LogP contribution in [0.15, 0.2) is 18.2 Å². The third-order valence-corrected chi connectivity index (χ3v) is 2.43. The smallest absolute Gasteiger partial charge is 0.339 e. The molecule has 19 heavy (non-hydrogen) atoms. The number of nitrogens with one attached hydrogen (secondary N) is 1. The van der Waals surface area contributed by atoms with Crippen molar-refractivity contribution in [1.29, 1.82) is 0 Å². The highest BCUT2D eigenvalue weighted by molar-refractivity contribution is 5.93. The predicted molar refractivity (Wildman–Crippen MR) is 66.8 cm³/mol. The van der Waals surface area contributed by atoms with E-state index in [1.807, 2.05) is 0 Å². The van der Waals surface area contributed by atoms with Gasteiger partial charge in [0.2, 0.25) is 0 Å². The number of hydrogen-bond donors (Lipinski definition) is 1. The Bertz CT molecular complexity index is 513. The molecule has 0 aromatic heterocycles. The quantitative estimate of drug-likeness (QED) is 0.490. The van der Waals surface area contributed by atoms with Crippen LogP contribution >= 0.6 is 0 Å². The first-order chi connectivity index (χ1) is 8.97. The maximum atomic E-state index is 11.7. The third-order valence-electron chi connectivity index (χ3n) is 2.43. The highest BCUT2D eigenvalue weighted by atomic mass is 16.6. The maximum absolute atomic E-state index is 11.7. The Morgan fingerprint density at radius 2 is 2.11 bits per heavy atom. The molecule has 1 rings (SSSR count). The summed E-state index contributed by atoms with van der Waals surface area (Å²) in [5, 5.41) is 13.2. The molecular weight excluding hydrogens is 252 g/mol. The number of rotatable bonds is 5. The van der Waals surface area contributed by atoms with E-state index in [2.05, 4.69) is 5.32 Å². The van der Waals surface area contributed by atoms with Crippen LogP contribution in [0.5, 0.6) is 0 Å². The van der Waals surface area contributed by atoms with Crippen molar-refractivity contribution in [3.8, 4) is 0 Å². The van der Waals surface area contributed by atoms with Crippen LogP contribution in [0, 0.1) is 17.0 Å². The molecule has 1 aromatic carbocycles. The molecule has 0 atom stereocenters. The van der Waals surface area contributed by atoms with E-state index >= 15 is 0 Å². The number of nitro groups is 1. The van der Waals surface area contributed by atoms with E-state index in [0.29, 0.717) is 6.54 Å². The topological polar surface area (TPSA) is 98.5 Å². The van der Waals surface area contributed by atoms with Crippen molar-refractivity contribution in [1.82, 2.24) is 5.32 Å². The highest BCUT2D eigenvalue weighted by Crippen LogP contribution is 2.21. The third kappa shape index (κ3) is 3.77. The summed E-state index contributed by atoms with van der Waals surface area (Å²) in [7, 11) is 0. The molecule has 7 nitrogen and oxygen atoms in total. The van der Waals surface area contributed by atoms with Crippen LogP contribution in [-0.2, 0) is 9.53 Å². The van der Waals surface area contributed by atoms with Crippen molar-refractivity contribution in [2.24, 2.45) is 0 Å². The second kappa shape index (κ2) is 6.48. The molecule has 0 bridgehead atoms. The number of benzene rings is 1. The summed E-state index contributed by atoms with van der Waals surface area (Å²) in [6.07, 6.45) is 0. The van der Waals surface area contributed by atoms with Gasteiger partial charge in [-0.15, -0.1) is 0 Å². The van der Waals surface area contributed by atoms with Crippen LogP contribution in [0.1, 0.15) is 22.8 Å². The number of likely N-dealkylation sites (N-methyl/N-ethyl adjacent to an activating group) is 1. The Labute approximate surface area is 109 Å². The van der Waals surface area contributed by atoms with Crippen molar-refractivity contribution >= 4 is 17.6 Å². The van der Waals surface area contributed by atoms with Gasteiger partial charge in [0.15, 0.2) is 6.61 Å². The summed E-state index contributed by atoms with van der Waals surface area (Å²) in [5.41, 5.74) is 0.138. The van der Waals surface area contributed by atoms with Crippen molar-refractivity contribution in [2.75, 3.05) is 13.2 Å². The summed E-state index contributed by atoms with van der Waals surface area (Å²) in [5.74, 6) is -1.17. The molecule has 102 valence electrons. The van der Waals surface area contributed by atoms with E-state index in [1.54, 1.807) is 6.92 Å². The summed E-state index contributed by atoms with van der Waals surface area (Å²) >= 11 is 0. The van der Waals surface area contributed by atoms with Gasteiger partial charge >= 0.3 is 5.97 Å². The monoisotopic (exact) mass is 266 g/mol. The number of nitro benzene ring substituents is 1. The lowest BCUT2D eigenvalue weighted by Crippen LogP contribution is -2.28. The van der Waals surface area contributed by atoms with Crippen LogP contribution in [0.4, 0.5) is 5.69 Å². The molecule has 0 saturated heterocycles. The Balaban J connectivity index is 2.80. The van der Waals surface area contributed by atoms with E-state index in [-0.39, 0.29) is 16.8 Å². The first-order valence-corrected chi connectivity index (χ1v) is 5.65. The molecule has 0 unspecified atom stereocenters. The largest absolute Gasteiger partial charge is 0.452 e. The maximum Gasteiger partial charge on any atom is 0.339 e. The van der Waals surface area contributed by atoms with Crippen LogP contribution in [0.3, 0.4) is 0 Å². The molecule has 1 N–H and O–H groups in total. The van der Waals surface area contributed by atoms with Crippen molar-refractivity contribution in [3.05, 3.63) is 39.4 Å². The van der Waals surface area contributed by atoms with Gasteiger partial charge in [-0.05, 0) is 19.9 Å². The zero-order valence-electron chi connectivity index (χ0n) is 10.6. The van der Waals surface area contributed by atoms with Gasteiger partial charge in [0.05, 0.1) is 10.5 Å². The number of nitrogens with zero attached hydrogens (tertiary/aromatic N) is 1. The predicted octanol–water partition coefficient (Wildman–Crippen LogP) is 1.20. The van der Waals surface area contributed by atoms with Gasteiger partial charge in [-0.25, -0.2) is 4.79 Å². The SMILES string of the molecule is CCNC(=O)COC(=O)c1cccc([N+](=O)[O-])c1C. The Morgan fingerprint density at radius 3 is 2.68 bits per heavy atom. The summed E-state index contributed by atoms with van der Waals surface area (Å²) in [6.45, 7) is 3.23. The van der Waals surface area contributed by atoms with Crippen LogP contribution in [0.2, 0.25) is 0 Å². The van der Waals surface area contributed by atoms with Crippen LogP contribution in [0.25, 0.3) is 0 Å². The zero-order chi connectivity index (χ0) is 14.4. The van der Waals surface area contributed by atoms with Gasteiger partial charge in [-0.2, -0.15) is 0 Å². The lowest BCUT2D eigenvalue weighted by atomic mass is 10.1. The lowest BCUT2D eigenvalue weighted by Gasteiger charge is -2.07. The van der Waals surface area contributed by atoms with E-state index in [9.17, 15) is 19.7 Å². The number of carbonyl (C=O) groups excluding carboxylic acids is 2. The molecule has 0 aliphatic heterocycles. The van der Waals surface area contributed by atoms with E-state index in [1.165, 1.54) is 25.1 Å². The first kappa shape index (κ1) is 14.6. The molecule has 0 spiro atoms. The van der Waals surface area contributed by atoms with Crippen LogP contribution in [-0.4, -0.2) is 30.0 Å². The zero-order valence-corrected chi connectivity index (χ0v) is 10.6. The minimum Gasteiger partial charge on any atom is -0.452 e. The standard InChI is InChI=1S/C12H14N2O5/c1-3-13-11(15)7-19-12(16)9-5-4-6-10(8(9)2)14(17)18/h4-6H,3,7H2,1-2H3,(H,13,15). The number of carbonyl (C=O) groups is 2. The Hall–Kier alpha value is -2.44. The number of esters is 1. The fourth-order valence-corrected chi connectivity index (χ4v) is 1.50. The highest BCUT2D eigenvalue weighted by Gasteiger charge is 2.19. The molecule has 1 aromatic rings. The molecule has 0 fully saturated rings. The van der Waals surface area contributed by atoms with Gasteiger partial charge in [-0.1, -0.05) is 6.07 Å². The fraction of sp³-hybridized carbons (Fsp3) is 0.333. The molecule has 0 radical (unpaired) electrons. The van der Waals surface area contributed by atoms with Gasteiger partial charge in [0, 0.05) is 18.2 Å². The summed E-state index contributed by atoms with van der Waals surface area (Å²) in [4.78, 5) is 33.0. The fourth-order valence-electron chi connectivity index (χ4n) is 1.50. The Kier molecular flexibility index (Phi) is 4.99. The van der Waals surface area contributed by atoms with Gasteiger partial charge < -0.3 is 10.1 Å². The summed E-state index contributed by atoms with van der Waals surface area (Å²) in [6, 6.07) is 4.12. The average Bonchev–Trinajstić information content (AvgIpc) is 2.36. The second-order valence-electron chi connectivity index (χ2n) is 3.74. The van der Waals surface area contributed by atoms with Crippen molar-refractivity contribution in [3.63, 3.8) is 0 Å². The lowest BCUT2D eigenvalue weighted by molar-refractivity contribution is -0.385. The molecule has 0 aliphatic carbocycles. The second-order valence-corrected chi connectivity index (χ2v) is 3.74. The number of amides is 1. The molecule has 1 amide bonds. The minimum atomic E-state index is -0.757. The Morgan fingerprint density at radius 1 is 1.42 bits per heavy atom. The van der Waals surface area contributed by atoms with E-state index < -0.39 is 23.4 Å². The molecule has 0 saturated carbocycles. The minimum absolute atomic E-state index is 0.0819. The first-order valence-electron chi connectivity index (χ1n) is 5.65. The van der Waals surface area contributed by atoms with Gasteiger partial charge in [0.1, 0.15) is 0 Å². The van der Waals surface area contributed by atoms with Crippen molar-refractivity contribution in [2.45, 2.75) is 13.8 Å². The number of hydrogen-bond acceptors (Lipinski definition) is 5. The van der Waals surface area contributed by atoms with Gasteiger partial charge in [-0.3, -0.25) is 14.9 Å². The van der Waals surface area contributed by atoms with Crippen molar-refractivity contribution < 1.29 is 19.2 Å². The average molecular weight is 266 g/mol. The molecule has 7 heteroatoms. The molecule has 0 heterocycles. The van der Waals surface area contributed by atoms with Crippen LogP contribution < -0.4 is 5.32 Å². The molecular formula is C12H14N2O5. The van der Waals surface area contributed by atoms with E-state index in [0.717, 1.165) is 0 Å². The van der Waals surface area contributed by atoms with E-state index in [4.69, 9.17) is 4.74 Å². The molecule has 0 aliphatic rings. The summed E-state index contributed by atoms with van der Waals surface area (Å²) < 4.78 is 4.78. The van der Waals surface area contributed by atoms with Gasteiger partial charge in [0.25, 0.3) is 11.6 Å². The normalized spacial score (nSPS) is 9.79.